The summed E-state index contributed by atoms with van der Waals surface area (Å²) in [6.07, 6.45) is 2.84. The number of nitrogens with two attached hydrogens (primary N) is 1. The fourth-order valence-corrected chi connectivity index (χ4v) is 1.62. The van der Waals surface area contributed by atoms with E-state index in [-0.39, 0.29) is 12.3 Å². The molecule has 0 aliphatic heterocycles. The van der Waals surface area contributed by atoms with Crippen molar-refractivity contribution in [2.24, 2.45) is 0 Å². The van der Waals surface area contributed by atoms with Crippen molar-refractivity contribution in [3.05, 3.63) is 24.0 Å². The van der Waals surface area contributed by atoms with E-state index in [2.05, 4.69) is 4.98 Å². The number of anilines is 1. The SMILES string of the molecule is CCOC(=O)C(C(=O)OC(C)(C)C)c1ccncc1N. The van der Waals surface area contributed by atoms with E-state index in [0.29, 0.717) is 5.56 Å². The van der Waals surface area contributed by atoms with Gasteiger partial charge in [0.15, 0.2) is 5.92 Å². The monoisotopic (exact) mass is 280 g/mol. The first-order valence-electron chi connectivity index (χ1n) is 6.35. The molecule has 0 saturated heterocycles. The van der Waals surface area contributed by atoms with Gasteiger partial charge in [0.05, 0.1) is 18.5 Å². The smallest absolute Gasteiger partial charge is 0.325 e. The van der Waals surface area contributed by atoms with Crippen LogP contribution >= 0.6 is 0 Å². The van der Waals surface area contributed by atoms with Gasteiger partial charge in [0.2, 0.25) is 0 Å². The number of carbonyl (C=O) groups is 2. The Labute approximate surface area is 118 Å². The third-order valence-electron chi connectivity index (χ3n) is 2.36. The Bertz CT molecular complexity index is 494. The maximum Gasteiger partial charge on any atom is 0.325 e. The van der Waals surface area contributed by atoms with E-state index < -0.39 is 23.5 Å². The van der Waals surface area contributed by atoms with Gasteiger partial charge in [-0.3, -0.25) is 14.6 Å². The molecule has 20 heavy (non-hydrogen) atoms. The van der Waals surface area contributed by atoms with E-state index in [0.717, 1.165) is 0 Å². The Hall–Kier alpha value is -2.11. The van der Waals surface area contributed by atoms with E-state index >= 15 is 0 Å². The largest absolute Gasteiger partial charge is 0.465 e. The number of pyridine rings is 1. The number of ether oxygens (including phenoxy) is 2. The van der Waals surface area contributed by atoms with Gasteiger partial charge in [0.25, 0.3) is 0 Å². The molecule has 0 radical (unpaired) electrons. The third kappa shape index (κ3) is 4.22. The van der Waals surface area contributed by atoms with Crippen LogP contribution in [0, 0.1) is 0 Å². The summed E-state index contributed by atoms with van der Waals surface area (Å²) in [6.45, 7) is 7.01. The molecule has 1 aromatic rings. The van der Waals surface area contributed by atoms with Crippen LogP contribution in [0.25, 0.3) is 0 Å². The zero-order chi connectivity index (χ0) is 15.3. The van der Waals surface area contributed by atoms with Gasteiger partial charge < -0.3 is 15.2 Å². The molecule has 1 aromatic heterocycles. The summed E-state index contributed by atoms with van der Waals surface area (Å²) >= 11 is 0. The quantitative estimate of drug-likeness (QED) is 0.666. The Morgan fingerprint density at radius 3 is 2.50 bits per heavy atom. The van der Waals surface area contributed by atoms with E-state index in [1.807, 2.05) is 0 Å². The molecule has 0 bridgehead atoms. The number of carbonyl (C=O) groups excluding carboxylic acids is 2. The first kappa shape index (κ1) is 15.9. The van der Waals surface area contributed by atoms with Gasteiger partial charge in [0.1, 0.15) is 5.60 Å². The van der Waals surface area contributed by atoms with Crippen LogP contribution in [0.15, 0.2) is 18.5 Å². The van der Waals surface area contributed by atoms with Crippen molar-refractivity contribution in [1.82, 2.24) is 4.98 Å². The number of hydrogen-bond donors (Lipinski definition) is 1. The van der Waals surface area contributed by atoms with Crippen molar-refractivity contribution < 1.29 is 19.1 Å². The van der Waals surface area contributed by atoms with Crippen molar-refractivity contribution in [2.45, 2.75) is 39.2 Å². The molecule has 2 N–H and O–H groups in total. The Balaban J connectivity index is 3.13. The van der Waals surface area contributed by atoms with Crippen molar-refractivity contribution >= 4 is 17.6 Å². The molecule has 0 aliphatic rings. The summed E-state index contributed by atoms with van der Waals surface area (Å²) in [5, 5.41) is 0. The average Bonchev–Trinajstić information content (AvgIpc) is 2.30. The highest BCUT2D eigenvalue weighted by Gasteiger charge is 2.35. The van der Waals surface area contributed by atoms with Crippen LogP contribution in [-0.4, -0.2) is 29.1 Å². The van der Waals surface area contributed by atoms with E-state index in [4.69, 9.17) is 15.2 Å². The van der Waals surface area contributed by atoms with Gasteiger partial charge in [0, 0.05) is 11.8 Å². The minimum Gasteiger partial charge on any atom is -0.465 e. The fourth-order valence-electron chi connectivity index (χ4n) is 1.62. The summed E-state index contributed by atoms with van der Waals surface area (Å²) in [7, 11) is 0. The molecule has 1 heterocycles. The lowest BCUT2D eigenvalue weighted by Gasteiger charge is -2.23. The second kappa shape index (κ2) is 6.36. The number of aromatic nitrogens is 1. The molecule has 0 spiro atoms. The first-order chi connectivity index (χ1) is 9.26. The molecule has 1 rings (SSSR count). The topological polar surface area (TPSA) is 91.5 Å². The van der Waals surface area contributed by atoms with E-state index in [1.165, 1.54) is 18.5 Å². The van der Waals surface area contributed by atoms with Gasteiger partial charge in [-0.25, -0.2) is 0 Å². The molecular weight excluding hydrogens is 260 g/mol. The predicted octanol–water partition coefficient (Wildman–Crippen LogP) is 1.65. The van der Waals surface area contributed by atoms with Crippen LogP contribution in [0.2, 0.25) is 0 Å². The molecule has 0 saturated carbocycles. The molecule has 0 aromatic carbocycles. The summed E-state index contributed by atoms with van der Waals surface area (Å²) in [4.78, 5) is 28.1. The van der Waals surface area contributed by atoms with E-state index in [1.54, 1.807) is 27.7 Å². The third-order valence-corrected chi connectivity index (χ3v) is 2.36. The standard InChI is InChI=1S/C14H20N2O4/c1-5-19-12(17)11(13(18)20-14(2,3)4)9-6-7-16-8-10(9)15/h6-8,11H,5,15H2,1-4H3. The Kier molecular flexibility index (Phi) is 5.07. The summed E-state index contributed by atoms with van der Waals surface area (Å²) in [6, 6.07) is 1.51. The molecule has 6 heteroatoms. The molecule has 1 unspecified atom stereocenters. The highest BCUT2D eigenvalue weighted by Crippen LogP contribution is 2.26. The van der Waals surface area contributed by atoms with Crippen molar-refractivity contribution in [3.8, 4) is 0 Å². The summed E-state index contributed by atoms with van der Waals surface area (Å²) < 4.78 is 10.2. The molecular formula is C14H20N2O4. The second-order valence-corrected chi connectivity index (χ2v) is 5.22. The van der Waals surface area contributed by atoms with Crippen LogP contribution < -0.4 is 5.73 Å². The second-order valence-electron chi connectivity index (χ2n) is 5.22. The van der Waals surface area contributed by atoms with Gasteiger partial charge in [-0.05, 0) is 33.8 Å². The fraction of sp³-hybridized carbons (Fsp3) is 0.500. The highest BCUT2D eigenvalue weighted by molar-refractivity contribution is 6.02. The molecule has 110 valence electrons. The normalized spacial score (nSPS) is 12.6. The van der Waals surface area contributed by atoms with Crippen LogP contribution in [0.3, 0.4) is 0 Å². The highest BCUT2D eigenvalue weighted by atomic mass is 16.6. The molecule has 0 aliphatic carbocycles. The number of esters is 2. The van der Waals surface area contributed by atoms with Crippen molar-refractivity contribution in [1.29, 1.82) is 0 Å². The van der Waals surface area contributed by atoms with Crippen molar-refractivity contribution in [3.63, 3.8) is 0 Å². The van der Waals surface area contributed by atoms with E-state index in [9.17, 15) is 9.59 Å². The number of nitrogen functional groups attached to an aromatic ring is 1. The maximum absolute atomic E-state index is 12.2. The molecule has 1 atom stereocenters. The van der Waals surface area contributed by atoms with Gasteiger partial charge in [-0.15, -0.1) is 0 Å². The van der Waals surface area contributed by atoms with Crippen LogP contribution in [0.4, 0.5) is 5.69 Å². The lowest BCUT2D eigenvalue weighted by Crippen LogP contribution is -2.32. The zero-order valence-corrected chi connectivity index (χ0v) is 12.2. The first-order valence-corrected chi connectivity index (χ1v) is 6.35. The molecule has 6 nitrogen and oxygen atoms in total. The van der Waals surface area contributed by atoms with Crippen molar-refractivity contribution in [2.75, 3.05) is 12.3 Å². The number of hydrogen-bond acceptors (Lipinski definition) is 6. The van der Waals surface area contributed by atoms with Gasteiger partial charge in [-0.1, -0.05) is 0 Å². The average molecular weight is 280 g/mol. The number of rotatable bonds is 4. The maximum atomic E-state index is 12.2. The summed E-state index contributed by atoms with van der Waals surface area (Å²) in [5.74, 6) is -2.56. The zero-order valence-electron chi connectivity index (χ0n) is 12.2. The van der Waals surface area contributed by atoms with Gasteiger partial charge in [-0.2, -0.15) is 0 Å². The Morgan fingerprint density at radius 2 is 2.00 bits per heavy atom. The Morgan fingerprint density at radius 1 is 1.35 bits per heavy atom. The summed E-state index contributed by atoms with van der Waals surface area (Å²) in [5.41, 5.74) is 5.66. The lowest BCUT2D eigenvalue weighted by molar-refractivity contribution is -0.164. The van der Waals surface area contributed by atoms with Gasteiger partial charge >= 0.3 is 11.9 Å². The minimum atomic E-state index is -1.20. The van der Waals surface area contributed by atoms with Crippen LogP contribution in [0.5, 0.6) is 0 Å². The van der Waals surface area contributed by atoms with Crippen LogP contribution in [0.1, 0.15) is 39.2 Å². The molecule has 0 fully saturated rings. The lowest BCUT2D eigenvalue weighted by atomic mass is 9.98. The number of nitrogens with zero attached hydrogens (tertiary/aromatic N) is 1. The predicted molar refractivity (Wildman–Crippen MR) is 73.9 cm³/mol. The molecule has 0 amide bonds. The van der Waals surface area contributed by atoms with Crippen LogP contribution in [-0.2, 0) is 19.1 Å². The minimum absolute atomic E-state index is 0.170.